The Morgan fingerprint density at radius 2 is 1.91 bits per heavy atom. The summed E-state index contributed by atoms with van der Waals surface area (Å²) in [6, 6.07) is 14.5. The normalized spacial score (nSPS) is 12.4. The number of aliphatic hydroxyl groups is 1. The van der Waals surface area contributed by atoms with Crippen LogP contribution in [-0.4, -0.2) is 39.3 Å². The van der Waals surface area contributed by atoms with Crippen LogP contribution in [-0.2, 0) is 12.2 Å². The minimum Gasteiger partial charge on any atom is -0.394 e. The van der Waals surface area contributed by atoms with Crippen LogP contribution in [0.25, 0.3) is 10.3 Å². The van der Waals surface area contributed by atoms with Crippen molar-refractivity contribution in [2.45, 2.75) is 43.6 Å². The van der Waals surface area contributed by atoms with Crippen molar-refractivity contribution < 1.29 is 5.11 Å². The molecule has 9 heteroatoms. The van der Waals surface area contributed by atoms with Gasteiger partial charge in [0.2, 0.25) is 0 Å². The number of aliphatic hydroxyl groups excluding tert-OH is 1. The van der Waals surface area contributed by atoms with Crippen LogP contribution < -0.4 is 10.6 Å². The average Bonchev–Trinajstić information content (AvgIpc) is 3.47. The lowest BCUT2D eigenvalue weighted by Gasteiger charge is -2.19. The first-order chi connectivity index (χ1) is 16.1. The van der Waals surface area contributed by atoms with Crippen LogP contribution in [0.4, 0.5) is 10.9 Å². The van der Waals surface area contributed by atoms with Crippen molar-refractivity contribution in [3.05, 3.63) is 58.3 Å². The first kappa shape index (κ1) is 23.9. The van der Waals surface area contributed by atoms with Gasteiger partial charge in [-0.05, 0) is 35.8 Å². The van der Waals surface area contributed by atoms with E-state index in [4.69, 9.17) is 15.0 Å². The largest absolute Gasteiger partial charge is 0.394 e. The van der Waals surface area contributed by atoms with Crippen molar-refractivity contribution in [3.8, 4) is 0 Å². The summed E-state index contributed by atoms with van der Waals surface area (Å²) in [7, 11) is 0. The molecule has 0 amide bonds. The van der Waals surface area contributed by atoms with E-state index in [1.807, 2.05) is 18.2 Å². The van der Waals surface area contributed by atoms with Gasteiger partial charge in [-0.15, -0.1) is 11.3 Å². The van der Waals surface area contributed by atoms with Gasteiger partial charge in [-0.25, -0.2) is 9.97 Å². The highest BCUT2D eigenvalue weighted by molar-refractivity contribution is 7.98. The predicted molar refractivity (Wildman–Crippen MR) is 142 cm³/mol. The molecule has 174 valence electrons. The zero-order valence-electron chi connectivity index (χ0n) is 18.8. The third-order valence-corrected chi connectivity index (χ3v) is 7.85. The molecule has 0 saturated heterocycles. The number of hydrogen-bond donors (Lipinski definition) is 3. The molecule has 3 aromatic heterocycles. The summed E-state index contributed by atoms with van der Waals surface area (Å²) in [5.41, 5.74) is 1.91. The Bertz CT molecular complexity index is 1130. The summed E-state index contributed by atoms with van der Waals surface area (Å²) in [5, 5.41) is 20.4. The van der Waals surface area contributed by atoms with Crippen LogP contribution in [0.3, 0.4) is 0 Å². The van der Waals surface area contributed by atoms with Gasteiger partial charge in [0.05, 0.1) is 12.6 Å². The third kappa shape index (κ3) is 6.89. The maximum atomic E-state index is 9.91. The second-order valence-corrected chi connectivity index (χ2v) is 11.2. The van der Waals surface area contributed by atoms with Gasteiger partial charge in [0.15, 0.2) is 21.8 Å². The Morgan fingerprint density at radius 3 is 2.64 bits per heavy atom. The first-order valence-electron chi connectivity index (χ1n) is 11.1. The molecule has 6 nitrogen and oxygen atoms in total. The third-order valence-electron chi connectivity index (χ3n) is 4.99. The molecule has 1 atom stereocenters. The molecule has 0 fully saturated rings. The number of aromatic nitrogens is 3. The number of thioether (sulfide) groups is 1. The highest BCUT2D eigenvalue weighted by Gasteiger charge is 2.18. The van der Waals surface area contributed by atoms with Gasteiger partial charge in [0, 0.05) is 17.2 Å². The molecule has 4 aromatic rings. The van der Waals surface area contributed by atoms with Gasteiger partial charge in [-0.1, -0.05) is 73.3 Å². The number of nitrogens with one attached hydrogen (secondary N) is 2. The molecule has 3 heterocycles. The zero-order chi connectivity index (χ0) is 23.0. The van der Waals surface area contributed by atoms with Gasteiger partial charge < -0.3 is 15.7 Å². The number of thiophene rings is 1. The first-order valence-corrected chi connectivity index (χ1v) is 13.8. The number of thiazole rings is 1. The van der Waals surface area contributed by atoms with Crippen molar-refractivity contribution in [1.29, 1.82) is 0 Å². The molecule has 0 spiro atoms. The van der Waals surface area contributed by atoms with Gasteiger partial charge >= 0.3 is 0 Å². The van der Waals surface area contributed by atoms with Crippen molar-refractivity contribution in [2.75, 3.05) is 23.8 Å². The fourth-order valence-electron chi connectivity index (χ4n) is 3.45. The Labute approximate surface area is 206 Å². The van der Waals surface area contributed by atoms with E-state index in [-0.39, 0.29) is 12.6 Å². The molecule has 4 rings (SSSR count). The fourth-order valence-corrected chi connectivity index (χ4v) is 5.84. The smallest absolute Gasteiger partial charge is 0.191 e. The highest BCUT2D eigenvalue weighted by Crippen LogP contribution is 2.33. The molecule has 0 aliphatic heterocycles. The van der Waals surface area contributed by atoms with Crippen molar-refractivity contribution in [2.24, 2.45) is 5.92 Å². The van der Waals surface area contributed by atoms with Crippen LogP contribution in [0.2, 0.25) is 0 Å². The van der Waals surface area contributed by atoms with E-state index in [9.17, 15) is 5.11 Å². The summed E-state index contributed by atoms with van der Waals surface area (Å²) in [5.74, 6) is 2.01. The second kappa shape index (κ2) is 11.8. The molecular weight excluding hydrogens is 470 g/mol. The van der Waals surface area contributed by atoms with Crippen LogP contribution in [0.1, 0.15) is 30.7 Å². The standard InChI is InChI=1S/C24H29N5OS3/c1-16(2)13-18(14-30)26-21-20-22(27-23(33-20)25-11-10-19-9-6-12-31-19)29-24(28-21)32-15-17-7-4-3-5-8-17/h3-9,12,16,18,30H,10-11,13-15H2,1-2H3,(H2,25,26,27,28,29)/t18-/m1/s1. The number of benzene rings is 1. The SMILES string of the molecule is CC(C)C[C@H](CO)Nc1nc(SCc2ccccc2)nc2nc(NCCc3cccs3)sc12. The molecule has 0 aliphatic carbocycles. The number of nitrogens with zero attached hydrogens (tertiary/aromatic N) is 3. The topological polar surface area (TPSA) is 83.0 Å². The number of hydrogen-bond acceptors (Lipinski definition) is 9. The van der Waals surface area contributed by atoms with Crippen molar-refractivity contribution in [3.63, 3.8) is 0 Å². The van der Waals surface area contributed by atoms with E-state index in [0.29, 0.717) is 16.7 Å². The van der Waals surface area contributed by atoms with E-state index < -0.39 is 0 Å². The summed E-state index contributed by atoms with van der Waals surface area (Å²) < 4.78 is 0.917. The van der Waals surface area contributed by atoms with Crippen LogP contribution in [0.5, 0.6) is 0 Å². The van der Waals surface area contributed by atoms with Gasteiger partial charge in [-0.2, -0.15) is 4.98 Å². The summed E-state index contributed by atoms with van der Waals surface area (Å²) >= 11 is 4.93. The Balaban J connectivity index is 1.55. The monoisotopic (exact) mass is 499 g/mol. The summed E-state index contributed by atoms with van der Waals surface area (Å²) in [6.07, 6.45) is 1.82. The van der Waals surface area contributed by atoms with E-state index in [1.54, 1.807) is 34.4 Å². The van der Waals surface area contributed by atoms with Crippen LogP contribution >= 0.6 is 34.4 Å². The second-order valence-electron chi connectivity index (χ2n) is 8.21. The van der Waals surface area contributed by atoms with Crippen molar-refractivity contribution >= 4 is 55.7 Å². The lowest BCUT2D eigenvalue weighted by Crippen LogP contribution is -2.26. The minimum atomic E-state index is -0.0626. The molecular formula is C24H29N5OS3. The fraction of sp³-hybridized carbons (Fsp3) is 0.375. The maximum absolute atomic E-state index is 9.91. The zero-order valence-corrected chi connectivity index (χ0v) is 21.3. The molecule has 33 heavy (non-hydrogen) atoms. The number of anilines is 2. The van der Waals surface area contributed by atoms with Gasteiger partial charge in [-0.3, -0.25) is 0 Å². The lowest BCUT2D eigenvalue weighted by molar-refractivity contribution is 0.259. The van der Waals surface area contributed by atoms with E-state index in [0.717, 1.165) is 40.8 Å². The summed E-state index contributed by atoms with van der Waals surface area (Å²) in [4.78, 5) is 15.7. The molecule has 0 aliphatic rings. The van der Waals surface area contributed by atoms with Crippen LogP contribution in [0.15, 0.2) is 53.0 Å². The Kier molecular flexibility index (Phi) is 8.55. The average molecular weight is 500 g/mol. The van der Waals surface area contributed by atoms with Gasteiger partial charge in [0.1, 0.15) is 4.70 Å². The Hall–Kier alpha value is -2.20. The minimum absolute atomic E-state index is 0.0564. The number of rotatable bonds is 12. The number of fused-ring (bicyclic) bond motifs is 1. The summed E-state index contributed by atoms with van der Waals surface area (Å²) in [6.45, 7) is 5.19. The van der Waals surface area contributed by atoms with E-state index >= 15 is 0 Å². The van der Waals surface area contributed by atoms with Crippen LogP contribution in [0, 0.1) is 5.92 Å². The maximum Gasteiger partial charge on any atom is 0.191 e. The lowest BCUT2D eigenvalue weighted by atomic mass is 10.0. The molecule has 0 unspecified atom stereocenters. The van der Waals surface area contributed by atoms with Gasteiger partial charge in [0.25, 0.3) is 0 Å². The molecule has 0 radical (unpaired) electrons. The molecule has 3 N–H and O–H groups in total. The van der Waals surface area contributed by atoms with E-state index in [2.05, 4.69) is 54.1 Å². The predicted octanol–water partition coefficient (Wildman–Crippen LogP) is 5.91. The molecule has 1 aromatic carbocycles. The van der Waals surface area contributed by atoms with Crippen molar-refractivity contribution in [1.82, 2.24) is 15.0 Å². The van der Waals surface area contributed by atoms with E-state index in [1.165, 1.54) is 10.4 Å². The quantitative estimate of drug-likeness (QED) is 0.165. The highest BCUT2D eigenvalue weighted by atomic mass is 32.2. The molecule has 0 bridgehead atoms. The molecule has 0 saturated carbocycles. The Morgan fingerprint density at radius 1 is 1.06 bits per heavy atom.